The zero-order valence-corrected chi connectivity index (χ0v) is 18.0. The minimum atomic E-state index is 0.0190. The molecule has 2 aliphatic rings. The molecule has 0 saturated carbocycles. The van der Waals surface area contributed by atoms with Gasteiger partial charge in [0.1, 0.15) is 0 Å². The predicted octanol–water partition coefficient (Wildman–Crippen LogP) is 2.32. The van der Waals surface area contributed by atoms with E-state index in [1.165, 1.54) is 45.2 Å². The van der Waals surface area contributed by atoms with Crippen LogP contribution in [0.3, 0.4) is 0 Å². The summed E-state index contributed by atoms with van der Waals surface area (Å²) in [6, 6.07) is 8.17. The number of methoxy groups -OCH3 is 1. The minimum absolute atomic E-state index is 0.0190. The Morgan fingerprint density at radius 1 is 1.20 bits per heavy atom. The highest BCUT2D eigenvalue weighted by Crippen LogP contribution is 2.32. The molecule has 1 amide bonds. The number of hydrogen-bond acceptors (Lipinski definition) is 6. The van der Waals surface area contributed by atoms with Crippen molar-refractivity contribution < 1.29 is 9.53 Å². The third-order valence-electron chi connectivity index (χ3n) is 6.52. The number of fused-ring (bicyclic) bond motifs is 1. The molecule has 2 atom stereocenters. The molecule has 0 spiro atoms. The molecule has 1 aromatic carbocycles. The monoisotopic (exact) mass is 412 g/mol. The number of nitrogens with zero attached hydrogens (tertiary/aromatic N) is 6. The van der Waals surface area contributed by atoms with Crippen LogP contribution in [0.2, 0.25) is 0 Å². The van der Waals surface area contributed by atoms with E-state index in [4.69, 9.17) is 4.74 Å². The van der Waals surface area contributed by atoms with Crippen molar-refractivity contribution in [3.63, 3.8) is 0 Å². The van der Waals surface area contributed by atoms with Crippen LogP contribution in [0.5, 0.6) is 0 Å². The second kappa shape index (κ2) is 9.66. The van der Waals surface area contributed by atoms with Gasteiger partial charge >= 0.3 is 0 Å². The number of benzene rings is 1. The Kier molecular flexibility index (Phi) is 6.74. The summed E-state index contributed by atoms with van der Waals surface area (Å²) in [7, 11) is 1.69. The fourth-order valence-electron chi connectivity index (χ4n) is 5.01. The number of carbonyl (C=O) groups is 1. The molecule has 0 bridgehead atoms. The van der Waals surface area contributed by atoms with Gasteiger partial charge in [0, 0.05) is 26.2 Å². The molecule has 0 unspecified atom stereocenters. The number of piperidine rings is 2. The van der Waals surface area contributed by atoms with Crippen LogP contribution in [0.15, 0.2) is 24.3 Å². The summed E-state index contributed by atoms with van der Waals surface area (Å²) in [5, 5.41) is 11.8. The first-order valence-corrected chi connectivity index (χ1v) is 11.1. The number of para-hydroxylation sites is 1. The summed E-state index contributed by atoms with van der Waals surface area (Å²) >= 11 is 0. The van der Waals surface area contributed by atoms with E-state index in [1.54, 1.807) is 11.8 Å². The standard InChI is InChI=1S/C22H32N6O2/c1-17-23-24-25-28(17)21-11-4-3-9-19(21)22(29)27(14-15-30-2)16-18-8-7-13-26-12-6-5-10-20(18)26/h3-4,9,11,18,20H,5-8,10,12-16H2,1-2H3/t18-,20+/m0/s1. The van der Waals surface area contributed by atoms with Crippen LogP contribution in [-0.2, 0) is 4.74 Å². The van der Waals surface area contributed by atoms with Gasteiger partial charge in [0.15, 0.2) is 5.82 Å². The van der Waals surface area contributed by atoms with Crippen molar-refractivity contribution in [1.82, 2.24) is 30.0 Å². The third-order valence-corrected chi connectivity index (χ3v) is 6.52. The van der Waals surface area contributed by atoms with Crippen LogP contribution in [0.4, 0.5) is 0 Å². The first-order chi connectivity index (χ1) is 14.7. The Morgan fingerprint density at radius 3 is 2.83 bits per heavy atom. The van der Waals surface area contributed by atoms with Crippen molar-refractivity contribution in [2.75, 3.05) is 39.9 Å². The van der Waals surface area contributed by atoms with Crippen LogP contribution in [-0.4, -0.2) is 81.9 Å². The van der Waals surface area contributed by atoms with E-state index in [1.807, 2.05) is 36.1 Å². The quantitative estimate of drug-likeness (QED) is 0.695. The van der Waals surface area contributed by atoms with E-state index in [-0.39, 0.29) is 5.91 Å². The zero-order chi connectivity index (χ0) is 20.9. The maximum Gasteiger partial charge on any atom is 0.256 e. The molecule has 0 radical (unpaired) electrons. The lowest BCUT2D eigenvalue weighted by Gasteiger charge is -2.45. The molecule has 2 fully saturated rings. The molecule has 8 heteroatoms. The summed E-state index contributed by atoms with van der Waals surface area (Å²) in [5.41, 5.74) is 1.34. The van der Waals surface area contributed by atoms with E-state index in [0.29, 0.717) is 36.5 Å². The van der Waals surface area contributed by atoms with Crippen molar-refractivity contribution in [2.45, 2.75) is 45.1 Å². The van der Waals surface area contributed by atoms with Crippen molar-refractivity contribution >= 4 is 5.91 Å². The second-order valence-electron chi connectivity index (χ2n) is 8.40. The zero-order valence-electron chi connectivity index (χ0n) is 18.0. The Labute approximate surface area is 178 Å². The Bertz CT molecular complexity index is 852. The van der Waals surface area contributed by atoms with Gasteiger partial charge in [-0.25, -0.2) is 0 Å². The molecule has 3 heterocycles. The molecule has 0 aliphatic carbocycles. The lowest BCUT2D eigenvalue weighted by Crippen LogP contribution is -2.52. The number of rotatable bonds is 7. The van der Waals surface area contributed by atoms with Gasteiger partial charge in [0.05, 0.1) is 17.9 Å². The van der Waals surface area contributed by atoms with Crippen LogP contribution < -0.4 is 0 Å². The maximum atomic E-state index is 13.7. The number of carbonyl (C=O) groups excluding carboxylic acids is 1. The lowest BCUT2D eigenvalue weighted by molar-refractivity contribution is 0.0315. The lowest BCUT2D eigenvalue weighted by atomic mass is 9.83. The van der Waals surface area contributed by atoms with Gasteiger partial charge in [-0.15, -0.1) is 5.10 Å². The third kappa shape index (κ3) is 4.39. The number of ether oxygens (including phenoxy) is 1. The highest BCUT2D eigenvalue weighted by atomic mass is 16.5. The normalized spacial score (nSPS) is 21.9. The van der Waals surface area contributed by atoms with Crippen LogP contribution in [0.25, 0.3) is 5.69 Å². The first-order valence-electron chi connectivity index (χ1n) is 11.1. The molecule has 1 aromatic heterocycles. The summed E-state index contributed by atoms with van der Waals surface area (Å²) in [6.07, 6.45) is 6.25. The average Bonchev–Trinajstić information content (AvgIpc) is 3.22. The van der Waals surface area contributed by atoms with E-state index < -0.39 is 0 Å². The smallest absolute Gasteiger partial charge is 0.256 e. The topological polar surface area (TPSA) is 76.4 Å². The highest BCUT2D eigenvalue weighted by Gasteiger charge is 2.35. The molecule has 30 heavy (non-hydrogen) atoms. The maximum absolute atomic E-state index is 13.7. The van der Waals surface area contributed by atoms with Gasteiger partial charge in [0.25, 0.3) is 5.91 Å². The molecule has 2 saturated heterocycles. The molecule has 2 aliphatic heterocycles. The first kappa shape index (κ1) is 20.9. The number of hydrogen-bond donors (Lipinski definition) is 0. The van der Waals surface area contributed by atoms with Crippen LogP contribution >= 0.6 is 0 Å². The fourth-order valence-corrected chi connectivity index (χ4v) is 5.01. The largest absolute Gasteiger partial charge is 0.383 e. The average molecular weight is 413 g/mol. The van der Waals surface area contributed by atoms with Gasteiger partial charge < -0.3 is 14.5 Å². The Balaban J connectivity index is 1.58. The van der Waals surface area contributed by atoms with Gasteiger partial charge in [-0.05, 0) is 74.2 Å². The Morgan fingerprint density at radius 2 is 2.03 bits per heavy atom. The molecule has 2 aromatic rings. The van der Waals surface area contributed by atoms with Crippen LogP contribution in [0.1, 0.15) is 48.3 Å². The van der Waals surface area contributed by atoms with Crippen LogP contribution in [0, 0.1) is 12.8 Å². The second-order valence-corrected chi connectivity index (χ2v) is 8.40. The van der Waals surface area contributed by atoms with Gasteiger partial charge in [0.2, 0.25) is 0 Å². The molecule has 162 valence electrons. The highest BCUT2D eigenvalue weighted by molar-refractivity contribution is 5.97. The number of tetrazole rings is 1. The summed E-state index contributed by atoms with van der Waals surface area (Å²) < 4.78 is 6.96. The SMILES string of the molecule is COCCN(C[C@@H]1CCCN2CCCC[C@H]12)C(=O)c1ccccc1-n1nnnc1C. The van der Waals surface area contributed by atoms with Crippen molar-refractivity contribution in [3.8, 4) is 5.69 Å². The van der Waals surface area contributed by atoms with E-state index in [9.17, 15) is 4.79 Å². The van der Waals surface area contributed by atoms with Gasteiger partial charge in [-0.1, -0.05) is 18.6 Å². The van der Waals surface area contributed by atoms with Gasteiger partial charge in [-0.3, -0.25) is 4.79 Å². The molecule has 8 nitrogen and oxygen atoms in total. The Hall–Kier alpha value is -2.32. The fraction of sp³-hybridized carbons (Fsp3) is 0.636. The van der Waals surface area contributed by atoms with E-state index in [0.717, 1.165) is 12.2 Å². The van der Waals surface area contributed by atoms with Gasteiger partial charge in [-0.2, -0.15) is 4.68 Å². The van der Waals surface area contributed by atoms with Crippen molar-refractivity contribution in [1.29, 1.82) is 0 Å². The summed E-state index contributed by atoms with van der Waals surface area (Å²) in [6.45, 7) is 6.12. The van der Waals surface area contributed by atoms with Crippen molar-refractivity contribution in [3.05, 3.63) is 35.7 Å². The molecular formula is C22H32N6O2. The molecular weight excluding hydrogens is 380 g/mol. The number of aryl methyl sites for hydroxylation is 1. The van der Waals surface area contributed by atoms with E-state index in [2.05, 4.69) is 20.4 Å². The molecule has 4 rings (SSSR count). The van der Waals surface area contributed by atoms with E-state index >= 15 is 0 Å². The number of aromatic nitrogens is 4. The number of amides is 1. The molecule has 0 N–H and O–H groups in total. The predicted molar refractivity (Wildman–Crippen MR) is 114 cm³/mol. The minimum Gasteiger partial charge on any atom is -0.383 e. The van der Waals surface area contributed by atoms with Crippen molar-refractivity contribution in [2.24, 2.45) is 5.92 Å². The summed E-state index contributed by atoms with van der Waals surface area (Å²) in [4.78, 5) is 18.3. The summed E-state index contributed by atoms with van der Waals surface area (Å²) in [5.74, 6) is 1.19.